The number of benzene rings is 1. The molecule has 0 bridgehead atoms. The first-order valence-corrected chi connectivity index (χ1v) is 11.5. The van der Waals surface area contributed by atoms with Gasteiger partial charge in [-0.1, -0.05) is 23.7 Å². The SMILES string of the molecule is CN(C)S(=O)(=O)N1CCC[C@H](C(=O)NCCSCc2ccc(Cl)cc2)C1. The van der Waals surface area contributed by atoms with E-state index in [0.29, 0.717) is 19.5 Å². The van der Waals surface area contributed by atoms with Crippen molar-refractivity contribution in [1.82, 2.24) is 13.9 Å². The fourth-order valence-electron chi connectivity index (χ4n) is 2.76. The van der Waals surface area contributed by atoms with Gasteiger partial charge in [-0.15, -0.1) is 0 Å². The van der Waals surface area contributed by atoms with Gasteiger partial charge in [0.1, 0.15) is 0 Å². The summed E-state index contributed by atoms with van der Waals surface area (Å²) in [7, 11) is -0.434. The highest BCUT2D eigenvalue weighted by molar-refractivity contribution is 7.98. The molecule has 26 heavy (non-hydrogen) atoms. The lowest BCUT2D eigenvalue weighted by atomic mass is 9.99. The molecule has 1 aromatic rings. The number of piperidine rings is 1. The summed E-state index contributed by atoms with van der Waals surface area (Å²) in [6, 6.07) is 7.73. The molecule has 0 radical (unpaired) electrons. The van der Waals surface area contributed by atoms with Gasteiger partial charge < -0.3 is 5.32 Å². The summed E-state index contributed by atoms with van der Waals surface area (Å²) in [5.41, 5.74) is 1.20. The number of carbonyl (C=O) groups is 1. The second-order valence-corrected chi connectivity index (χ2v) is 10.1. The Hall–Kier alpha value is -0.800. The fraction of sp³-hybridized carbons (Fsp3) is 0.588. The maximum Gasteiger partial charge on any atom is 0.281 e. The first-order valence-electron chi connectivity index (χ1n) is 8.58. The van der Waals surface area contributed by atoms with Crippen molar-refractivity contribution in [3.8, 4) is 0 Å². The Morgan fingerprint density at radius 3 is 2.69 bits per heavy atom. The van der Waals surface area contributed by atoms with Crippen molar-refractivity contribution in [2.24, 2.45) is 5.92 Å². The van der Waals surface area contributed by atoms with Gasteiger partial charge in [-0.2, -0.15) is 28.8 Å². The van der Waals surface area contributed by atoms with E-state index in [9.17, 15) is 13.2 Å². The highest BCUT2D eigenvalue weighted by Crippen LogP contribution is 2.20. The van der Waals surface area contributed by atoms with Crippen molar-refractivity contribution in [3.05, 3.63) is 34.9 Å². The molecule has 1 heterocycles. The van der Waals surface area contributed by atoms with Gasteiger partial charge in [-0.25, -0.2) is 0 Å². The Labute approximate surface area is 165 Å². The summed E-state index contributed by atoms with van der Waals surface area (Å²) >= 11 is 7.60. The van der Waals surface area contributed by atoms with E-state index in [1.807, 2.05) is 24.3 Å². The number of carbonyl (C=O) groups excluding carboxylic acids is 1. The molecule has 9 heteroatoms. The van der Waals surface area contributed by atoms with E-state index in [1.54, 1.807) is 11.8 Å². The molecule has 1 amide bonds. The Bertz CT molecular complexity index is 696. The summed E-state index contributed by atoms with van der Waals surface area (Å²) in [6.07, 6.45) is 1.43. The summed E-state index contributed by atoms with van der Waals surface area (Å²) in [4.78, 5) is 12.3. The first kappa shape index (κ1) is 21.5. The van der Waals surface area contributed by atoms with Crippen molar-refractivity contribution in [2.75, 3.05) is 39.5 Å². The molecular weight excluding hydrogens is 394 g/mol. The lowest BCUT2D eigenvalue weighted by molar-refractivity contribution is -0.125. The van der Waals surface area contributed by atoms with Gasteiger partial charge in [0.25, 0.3) is 10.2 Å². The standard InChI is InChI=1S/C17H26ClN3O3S2/c1-20(2)26(23,24)21-10-3-4-15(12-21)17(22)19-9-11-25-13-14-5-7-16(18)8-6-14/h5-8,15H,3-4,9-13H2,1-2H3,(H,19,22)/t15-/m0/s1. The smallest absolute Gasteiger partial charge is 0.281 e. The van der Waals surface area contributed by atoms with Gasteiger partial charge in [-0.05, 0) is 30.5 Å². The monoisotopic (exact) mass is 419 g/mol. The number of halogens is 1. The maximum absolute atomic E-state index is 12.3. The Morgan fingerprint density at radius 2 is 2.04 bits per heavy atom. The third-order valence-corrected chi connectivity index (χ3v) is 7.46. The van der Waals surface area contributed by atoms with Crippen molar-refractivity contribution in [2.45, 2.75) is 18.6 Å². The zero-order valence-corrected chi connectivity index (χ0v) is 17.5. The van der Waals surface area contributed by atoms with Gasteiger partial charge in [0.2, 0.25) is 5.91 Å². The molecule has 0 aliphatic carbocycles. The molecule has 6 nitrogen and oxygen atoms in total. The minimum atomic E-state index is -3.46. The fourth-order valence-corrected chi connectivity index (χ4v) is 4.89. The predicted octanol–water partition coefficient (Wildman–Crippen LogP) is 2.21. The average Bonchev–Trinajstić information content (AvgIpc) is 2.62. The van der Waals surface area contributed by atoms with Crippen LogP contribution in [0.25, 0.3) is 0 Å². The lowest BCUT2D eigenvalue weighted by Crippen LogP contribution is -2.49. The molecule has 1 aliphatic heterocycles. The molecule has 2 rings (SSSR count). The van der Waals surface area contributed by atoms with Crippen LogP contribution in [0.5, 0.6) is 0 Å². The quantitative estimate of drug-likeness (QED) is 0.656. The first-order chi connectivity index (χ1) is 12.3. The number of hydrogen-bond acceptors (Lipinski definition) is 4. The minimum absolute atomic E-state index is 0.0595. The Kier molecular flexibility index (Phi) is 8.22. The predicted molar refractivity (Wildman–Crippen MR) is 108 cm³/mol. The average molecular weight is 420 g/mol. The topological polar surface area (TPSA) is 69.7 Å². The molecule has 0 spiro atoms. The third kappa shape index (κ3) is 6.13. The van der Waals surface area contributed by atoms with Crippen molar-refractivity contribution in [3.63, 3.8) is 0 Å². The van der Waals surface area contributed by atoms with Crippen LogP contribution in [0.15, 0.2) is 24.3 Å². The Morgan fingerprint density at radius 1 is 1.35 bits per heavy atom. The van der Waals surface area contributed by atoms with Crippen LogP contribution in [0.3, 0.4) is 0 Å². The third-order valence-electron chi connectivity index (χ3n) is 4.27. The number of nitrogens with zero attached hydrogens (tertiary/aromatic N) is 2. The molecule has 0 saturated carbocycles. The highest BCUT2D eigenvalue weighted by atomic mass is 35.5. The number of thioether (sulfide) groups is 1. The van der Waals surface area contributed by atoms with E-state index in [4.69, 9.17) is 11.6 Å². The van der Waals surface area contributed by atoms with Crippen LogP contribution in [0.2, 0.25) is 5.02 Å². The van der Waals surface area contributed by atoms with Crippen LogP contribution < -0.4 is 5.32 Å². The molecule has 1 saturated heterocycles. The zero-order valence-electron chi connectivity index (χ0n) is 15.2. The van der Waals surface area contributed by atoms with Gasteiger partial charge in [0, 0.05) is 50.3 Å². The normalized spacial score (nSPS) is 18.8. The van der Waals surface area contributed by atoms with E-state index in [-0.39, 0.29) is 18.4 Å². The molecule has 0 unspecified atom stereocenters. The molecule has 1 aromatic carbocycles. The van der Waals surface area contributed by atoms with Crippen molar-refractivity contribution < 1.29 is 13.2 Å². The molecule has 1 atom stereocenters. The summed E-state index contributed by atoms with van der Waals surface area (Å²) in [5.74, 6) is 1.34. The second kappa shape index (κ2) is 9.94. The van der Waals surface area contributed by atoms with E-state index < -0.39 is 10.2 Å². The lowest BCUT2D eigenvalue weighted by Gasteiger charge is -2.32. The van der Waals surface area contributed by atoms with Gasteiger partial charge in [-0.3, -0.25) is 4.79 Å². The van der Waals surface area contributed by atoms with Crippen LogP contribution in [0.4, 0.5) is 0 Å². The molecular formula is C17H26ClN3O3S2. The number of rotatable bonds is 8. The molecule has 1 aliphatic rings. The van der Waals surface area contributed by atoms with Crippen LogP contribution in [-0.2, 0) is 20.8 Å². The summed E-state index contributed by atoms with van der Waals surface area (Å²) in [5, 5.41) is 3.66. The van der Waals surface area contributed by atoms with Crippen molar-refractivity contribution >= 4 is 39.5 Å². The number of hydrogen-bond donors (Lipinski definition) is 1. The summed E-state index contributed by atoms with van der Waals surface area (Å²) < 4.78 is 27.0. The molecule has 146 valence electrons. The van der Waals surface area contributed by atoms with E-state index in [0.717, 1.165) is 22.9 Å². The Balaban J connectivity index is 1.71. The highest BCUT2D eigenvalue weighted by Gasteiger charge is 2.33. The van der Waals surface area contributed by atoms with Crippen LogP contribution in [0, 0.1) is 5.92 Å². The van der Waals surface area contributed by atoms with Gasteiger partial charge in [0.05, 0.1) is 5.92 Å². The van der Waals surface area contributed by atoms with E-state index >= 15 is 0 Å². The largest absolute Gasteiger partial charge is 0.355 e. The number of nitrogens with one attached hydrogen (secondary N) is 1. The van der Waals surface area contributed by atoms with E-state index in [2.05, 4.69) is 5.32 Å². The molecule has 1 fully saturated rings. The minimum Gasteiger partial charge on any atom is -0.355 e. The number of amides is 1. The van der Waals surface area contributed by atoms with Crippen LogP contribution in [-0.4, -0.2) is 62.4 Å². The van der Waals surface area contributed by atoms with Crippen LogP contribution in [0.1, 0.15) is 18.4 Å². The van der Waals surface area contributed by atoms with Gasteiger partial charge >= 0.3 is 0 Å². The van der Waals surface area contributed by atoms with Crippen molar-refractivity contribution in [1.29, 1.82) is 0 Å². The zero-order chi connectivity index (χ0) is 19.2. The maximum atomic E-state index is 12.3. The van der Waals surface area contributed by atoms with Gasteiger partial charge in [0.15, 0.2) is 0 Å². The summed E-state index contributed by atoms with van der Waals surface area (Å²) in [6.45, 7) is 1.31. The van der Waals surface area contributed by atoms with E-state index in [1.165, 1.54) is 28.3 Å². The van der Waals surface area contributed by atoms with Crippen LogP contribution >= 0.6 is 23.4 Å². The second-order valence-electron chi connectivity index (χ2n) is 6.46. The molecule has 0 aromatic heterocycles. The molecule has 1 N–H and O–H groups in total.